The van der Waals surface area contributed by atoms with E-state index in [0.717, 1.165) is 6.92 Å². The lowest BCUT2D eigenvalue weighted by atomic mass is 10.1. The van der Waals surface area contributed by atoms with Crippen LogP contribution in [0.5, 0.6) is 0 Å². The smallest absolute Gasteiger partial charge is 0.310 e. The zero-order valence-corrected chi connectivity index (χ0v) is 14.5. The number of hydrogen-bond donors (Lipinski definition) is 3. The number of rotatable bonds is 3. The molecule has 1 fully saturated rings. The van der Waals surface area contributed by atoms with Gasteiger partial charge in [0.15, 0.2) is 5.65 Å². The Morgan fingerprint density at radius 1 is 1.42 bits per heavy atom. The van der Waals surface area contributed by atoms with Crippen LogP contribution < -0.4 is 5.56 Å². The number of carboxylic acids is 2. The molecule has 0 saturated carbocycles. The number of fused-ring (bicyclic) bond motifs is 1. The molecule has 0 aromatic carbocycles. The first-order valence-electron chi connectivity index (χ1n) is 7.91. The van der Waals surface area contributed by atoms with Crippen LogP contribution >= 0.6 is 0 Å². The average Bonchev–Trinajstić information content (AvgIpc) is 2.77. The van der Waals surface area contributed by atoms with Crippen molar-refractivity contribution in [1.82, 2.24) is 24.6 Å². The third-order valence-corrected chi connectivity index (χ3v) is 3.72. The molecule has 3 rings (SSSR count). The Morgan fingerprint density at radius 3 is 2.77 bits per heavy atom. The van der Waals surface area contributed by atoms with E-state index in [-0.39, 0.29) is 12.2 Å². The van der Waals surface area contributed by atoms with Gasteiger partial charge in [0.25, 0.3) is 11.5 Å². The molecule has 1 saturated heterocycles. The van der Waals surface area contributed by atoms with Gasteiger partial charge in [-0.2, -0.15) is 5.10 Å². The van der Waals surface area contributed by atoms with E-state index < -0.39 is 17.9 Å². The van der Waals surface area contributed by atoms with Gasteiger partial charge in [-0.3, -0.25) is 24.0 Å². The molecule has 11 nitrogen and oxygen atoms in total. The Hall–Kier alpha value is -2.79. The van der Waals surface area contributed by atoms with E-state index in [1.165, 1.54) is 6.20 Å². The Bertz CT molecular complexity index is 841. The zero-order chi connectivity index (χ0) is 19.3. The molecule has 1 atom stereocenters. The molecule has 3 N–H and O–H groups in total. The number of nitrogens with one attached hydrogen (secondary N) is 1. The monoisotopic (exact) mass is 367 g/mol. The predicted molar refractivity (Wildman–Crippen MR) is 89.7 cm³/mol. The molecule has 2 aromatic rings. The summed E-state index contributed by atoms with van der Waals surface area (Å²) in [5.41, 5.74) is 0.272. The zero-order valence-electron chi connectivity index (χ0n) is 14.5. The lowest BCUT2D eigenvalue weighted by Gasteiger charge is -2.20. The maximum absolute atomic E-state index is 12.0. The van der Waals surface area contributed by atoms with Crippen LogP contribution in [0.1, 0.15) is 12.7 Å². The van der Waals surface area contributed by atoms with Crippen molar-refractivity contribution in [2.75, 3.05) is 26.3 Å². The van der Waals surface area contributed by atoms with Crippen molar-refractivity contribution in [2.24, 2.45) is 13.0 Å². The molecule has 1 aliphatic heterocycles. The largest absolute Gasteiger partial charge is 0.481 e. The van der Waals surface area contributed by atoms with Crippen molar-refractivity contribution in [2.45, 2.75) is 13.5 Å². The third kappa shape index (κ3) is 5.10. The number of nitrogens with zero attached hydrogens (tertiary/aromatic N) is 4. The van der Waals surface area contributed by atoms with Crippen molar-refractivity contribution >= 4 is 23.0 Å². The number of carboxylic acid groups (broad SMARTS) is 2. The van der Waals surface area contributed by atoms with E-state index in [0.29, 0.717) is 43.1 Å². The van der Waals surface area contributed by atoms with Gasteiger partial charge in [-0.25, -0.2) is 4.98 Å². The highest BCUT2D eigenvalue weighted by molar-refractivity contribution is 5.73. The highest BCUT2D eigenvalue weighted by Crippen LogP contribution is 2.11. The molecule has 3 heterocycles. The van der Waals surface area contributed by atoms with Crippen LogP contribution in [0, 0.1) is 5.92 Å². The van der Waals surface area contributed by atoms with Crippen molar-refractivity contribution < 1.29 is 24.5 Å². The Labute approximate surface area is 148 Å². The van der Waals surface area contributed by atoms with Crippen LogP contribution in [0.15, 0.2) is 11.0 Å². The first-order valence-corrected chi connectivity index (χ1v) is 7.91. The second-order valence-electron chi connectivity index (χ2n) is 5.88. The molecule has 2 aromatic heterocycles. The maximum Gasteiger partial charge on any atom is 0.310 e. The van der Waals surface area contributed by atoms with Gasteiger partial charge < -0.3 is 19.9 Å². The standard InChI is InChI=1S/C13H17N5O4.C2H4O2/c1-17-11-9(4-14-17)12(19)16-10(15-11)6-18-2-3-22-7-8(5-18)13(20)21;1-2(3)4/h4,8H,2-3,5-7H2,1H3,(H,20,21)(H,15,16,19);1H3,(H,3,4). The summed E-state index contributed by atoms with van der Waals surface area (Å²) in [6, 6.07) is 0. The predicted octanol–water partition coefficient (Wildman–Crippen LogP) is -0.719. The fourth-order valence-corrected chi connectivity index (χ4v) is 2.53. The minimum atomic E-state index is -0.879. The number of hydrogen-bond acceptors (Lipinski definition) is 7. The normalized spacial score (nSPS) is 18.0. The van der Waals surface area contributed by atoms with Crippen LogP contribution in [0.25, 0.3) is 11.0 Å². The quantitative estimate of drug-likeness (QED) is 0.638. The fraction of sp³-hybridized carbons (Fsp3) is 0.533. The Balaban J connectivity index is 0.000000552. The van der Waals surface area contributed by atoms with Crippen molar-refractivity contribution in [3.63, 3.8) is 0 Å². The molecule has 142 valence electrons. The minimum Gasteiger partial charge on any atom is -0.481 e. The Morgan fingerprint density at radius 2 is 2.12 bits per heavy atom. The molecule has 1 unspecified atom stereocenters. The molecule has 0 spiro atoms. The molecule has 26 heavy (non-hydrogen) atoms. The number of aromatic nitrogens is 4. The van der Waals surface area contributed by atoms with E-state index in [4.69, 9.17) is 19.7 Å². The third-order valence-electron chi connectivity index (χ3n) is 3.72. The fourth-order valence-electron chi connectivity index (χ4n) is 2.53. The van der Waals surface area contributed by atoms with Crippen molar-refractivity contribution in [3.05, 3.63) is 22.4 Å². The first-order chi connectivity index (χ1) is 12.3. The van der Waals surface area contributed by atoms with E-state index in [9.17, 15) is 9.59 Å². The van der Waals surface area contributed by atoms with Crippen molar-refractivity contribution in [1.29, 1.82) is 0 Å². The van der Waals surface area contributed by atoms with E-state index in [1.807, 2.05) is 4.90 Å². The second kappa shape index (κ2) is 8.54. The topological polar surface area (TPSA) is 151 Å². The van der Waals surface area contributed by atoms with Gasteiger partial charge in [0.2, 0.25) is 0 Å². The molecule has 1 aliphatic rings. The lowest BCUT2D eigenvalue weighted by Crippen LogP contribution is -2.34. The molecular weight excluding hydrogens is 346 g/mol. The average molecular weight is 367 g/mol. The second-order valence-corrected chi connectivity index (χ2v) is 5.88. The van der Waals surface area contributed by atoms with Gasteiger partial charge in [-0.15, -0.1) is 0 Å². The van der Waals surface area contributed by atoms with Crippen LogP contribution in [0.2, 0.25) is 0 Å². The molecule has 0 amide bonds. The SMILES string of the molecule is CC(=O)O.Cn1ncc2c(=O)[nH]c(CN3CCOCC(C(=O)O)C3)nc21. The van der Waals surface area contributed by atoms with Crippen LogP contribution in [-0.2, 0) is 27.9 Å². The van der Waals surface area contributed by atoms with E-state index in [2.05, 4.69) is 15.1 Å². The number of aliphatic carboxylic acids is 2. The number of ether oxygens (including phenoxy) is 1. The molecule has 0 radical (unpaired) electrons. The summed E-state index contributed by atoms with van der Waals surface area (Å²) in [4.78, 5) is 41.2. The number of carbonyl (C=O) groups is 2. The highest BCUT2D eigenvalue weighted by atomic mass is 16.5. The summed E-state index contributed by atoms with van der Waals surface area (Å²) in [5, 5.41) is 21.0. The molecule has 0 bridgehead atoms. The van der Waals surface area contributed by atoms with Gasteiger partial charge in [0, 0.05) is 27.1 Å². The highest BCUT2D eigenvalue weighted by Gasteiger charge is 2.25. The maximum atomic E-state index is 12.0. The first kappa shape index (κ1) is 19.5. The summed E-state index contributed by atoms with van der Waals surface area (Å²) >= 11 is 0. The van der Waals surface area contributed by atoms with E-state index in [1.54, 1.807) is 11.7 Å². The number of aromatic amines is 1. The van der Waals surface area contributed by atoms with Crippen LogP contribution in [-0.4, -0.2) is 73.1 Å². The molecular formula is C15H21N5O6. The van der Waals surface area contributed by atoms with E-state index >= 15 is 0 Å². The number of H-pyrrole nitrogens is 1. The van der Waals surface area contributed by atoms with Gasteiger partial charge in [-0.05, 0) is 0 Å². The minimum absolute atomic E-state index is 0.205. The van der Waals surface area contributed by atoms with Gasteiger partial charge in [0.05, 0.1) is 31.9 Å². The summed E-state index contributed by atoms with van der Waals surface area (Å²) < 4.78 is 6.85. The van der Waals surface area contributed by atoms with Crippen LogP contribution in [0.4, 0.5) is 0 Å². The summed E-state index contributed by atoms with van der Waals surface area (Å²) in [6.07, 6.45) is 1.48. The summed E-state index contributed by atoms with van der Waals surface area (Å²) in [7, 11) is 1.72. The van der Waals surface area contributed by atoms with Crippen molar-refractivity contribution in [3.8, 4) is 0 Å². The summed E-state index contributed by atoms with van der Waals surface area (Å²) in [5.74, 6) is -1.79. The molecule has 11 heteroatoms. The Kier molecular flexibility index (Phi) is 6.41. The summed E-state index contributed by atoms with van der Waals surface area (Å²) in [6.45, 7) is 3.07. The molecule has 0 aliphatic carbocycles. The van der Waals surface area contributed by atoms with Gasteiger partial charge in [-0.1, -0.05) is 0 Å². The van der Waals surface area contributed by atoms with Crippen LogP contribution in [0.3, 0.4) is 0 Å². The van der Waals surface area contributed by atoms with Gasteiger partial charge >= 0.3 is 5.97 Å². The number of aryl methyl sites for hydroxylation is 1. The van der Waals surface area contributed by atoms with Gasteiger partial charge in [0.1, 0.15) is 11.2 Å². The lowest BCUT2D eigenvalue weighted by molar-refractivity contribution is -0.143.